The number of likely N-dealkylation sites (tertiary alicyclic amines) is 1. The van der Waals surface area contributed by atoms with Crippen LogP contribution in [0.15, 0.2) is 103 Å². The summed E-state index contributed by atoms with van der Waals surface area (Å²) in [6, 6.07) is 27.7. The number of hydrogen-bond donors (Lipinski definition) is 0. The second-order valence-corrected chi connectivity index (χ2v) is 14.7. The molecule has 0 spiro atoms. The van der Waals surface area contributed by atoms with Crippen LogP contribution in [0.2, 0.25) is 0 Å². The predicted molar refractivity (Wildman–Crippen MR) is 199 cm³/mol. The molecule has 0 N–H and O–H groups in total. The third-order valence-electron chi connectivity index (χ3n) is 11.9. The highest BCUT2D eigenvalue weighted by molar-refractivity contribution is 5.95. The summed E-state index contributed by atoms with van der Waals surface area (Å²) < 4.78 is 5.15. The van der Waals surface area contributed by atoms with E-state index in [0.29, 0.717) is 11.8 Å². The van der Waals surface area contributed by atoms with Gasteiger partial charge in [-0.05, 0) is 94.6 Å². The van der Waals surface area contributed by atoms with Crippen molar-refractivity contribution in [3.8, 4) is 5.69 Å². The molecule has 0 amide bonds. The van der Waals surface area contributed by atoms with Crippen molar-refractivity contribution in [2.45, 2.75) is 63.7 Å². The Bertz CT molecular complexity index is 2140. The lowest BCUT2D eigenvalue weighted by molar-refractivity contribution is 0.206. The Kier molecular flexibility index (Phi) is 6.83. The first-order valence-electron chi connectivity index (χ1n) is 17.8. The van der Waals surface area contributed by atoms with E-state index in [-0.39, 0.29) is 5.41 Å². The van der Waals surface area contributed by atoms with Gasteiger partial charge in [0.05, 0.1) is 11.0 Å². The number of nitrogens with zero attached hydrogens (tertiary/aromatic N) is 3. The maximum Gasteiger partial charge on any atom is 0.0537 e. The van der Waals surface area contributed by atoms with Gasteiger partial charge >= 0.3 is 0 Å². The zero-order valence-corrected chi connectivity index (χ0v) is 28.0. The summed E-state index contributed by atoms with van der Waals surface area (Å²) in [4.78, 5) is 2.51. The molecular weight excluding hydrogens is 571 g/mol. The normalized spacial score (nSPS) is 22.3. The molecule has 2 atom stereocenters. The summed E-state index contributed by atoms with van der Waals surface area (Å²) in [5.74, 6) is 0.945. The molecule has 1 saturated heterocycles. The Balaban J connectivity index is 1.14. The van der Waals surface area contributed by atoms with Gasteiger partial charge < -0.3 is 14.0 Å². The van der Waals surface area contributed by atoms with Gasteiger partial charge in [0.1, 0.15) is 0 Å². The first-order chi connectivity index (χ1) is 23.0. The third kappa shape index (κ3) is 4.43. The molecule has 2 unspecified atom stereocenters. The molecule has 9 rings (SSSR count). The molecule has 47 heavy (non-hydrogen) atoms. The monoisotopic (exact) mass is 615 g/mol. The summed E-state index contributed by atoms with van der Waals surface area (Å²) in [6.45, 7) is 7.10. The van der Waals surface area contributed by atoms with Gasteiger partial charge in [-0.3, -0.25) is 0 Å². The molecule has 3 heterocycles. The van der Waals surface area contributed by atoms with Gasteiger partial charge in [-0.1, -0.05) is 98.3 Å². The molecule has 2 aromatic heterocycles. The van der Waals surface area contributed by atoms with E-state index in [0.717, 1.165) is 38.8 Å². The average Bonchev–Trinajstić information content (AvgIpc) is 3.63. The standard InChI is InChI=1S/C44H45N3/c1-30-11-10-15-38-37-14-6-7-16-40(37)46(43(30)38)34-22-19-32(20-23-34)44(25-27-45(3)28-26-44)33-21-24-39(31(2)29-33)47-41-17-8-4-12-35(41)36-13-5-9-18-42(36)47/h4-8,10,12-17,19-24,30-31H,9,11,18,25-29H2,1-3H3. The maximum absolute atomic E-state index is 2.61. The Labute approximate surface area is 279 Å². The number of allylic oxidation sites excluding steroid dienone is 6. The molecule has 3 aliphatic carbocycles. The fourth-order valence-corrected chi connectivity index (χ4v) is 9.42. The lowest BCUT2D eigenvalue weighted by atomic mass is 9.64. The Morgan fingerprint density at radius 1 is 0.702 bits per heavy atom. The predicted octanol–water partition coefficient (Wildman–Crippen LogP) is 10.5. The lowest BCUT2D eigenvalue weighted by Gasteiger charge is -2.45. The fraction of sp³-hybridized carbons (Fsp3) is 0.318. The van der Waals surface area contributed by atoms with Crippen LogP contribution in [-0.4, -0.2) is 34.2 Å². The number of fused-ring (bicyclic) bond motifs is 6. The highest BCUT2D eigenvalue weighted by atomic mass is 15.1. The van der Waals surface area contributed by atoms with E-state index in [9.17, 15) is 0 Å². The van der Waals surface area contributed by atoms with E-state index < -0.39 is 0 Å². The van der Waals surface area contributed by atoms with Crippen molar-refractivity contribution in [2.75, 3.05) is 20.1 Å². The molecule has 4 aliphatic rings. The number of para-hydroxylation sites is 2. The first kappa shape index (κ1) is 28.8. The van der Waals surface area contributed by atoms with Gasteiger partial charge in [0.2, 0.25) is 0 Å². The zero-order valence-electron chi connectivity index (χ0n) is 28.0. The zero-order chi connectivity index (χ0) is 31.7. The van der Waals surface area contributed by atoms with Crippen LogP contribution in [0.1, 0.15) is 79.9 Å². The molecule has 1 fully saturated rings. The van der Waals surface area contributed by atoms with Gasteiger partial charge in [0.25, 0.3) is 0 Å². The maximum atomic E-state index is 2.61. The van der Waals surface area contributed by atoms with E-state index in [2.05, 4.69) is 144 Å². The Morgan fingerprint density at radius 2 is 1.38 bits per heavy atom. The van der Waals surface area contributed by atoms with Crippen molar-refractivity contribution < 1.29 is 0 Å². The minimum absolute atomic E-state index is 0.0659. The second kappa shape index (κ2) is 11.1. The molecule has 3 nitrogen and oxygen atoms in total. The SMILES string of the molecule is CC1CC(C2(c3ccc(-n4c5c(c6ccccc64)C=CCC5C)cc3)CCN(C)CC2)=CC=C1n1c2c(c3ccccc31)C=CCC2. The lowest BCUT2D eigenvalue weighted by Crippen LogP contribution is -2.43. The molecule has 1 aliphatic heterocycles. The summed E-state index contributed by atoms with van der Waals surface area (Å²) >= 11 is 0. The van der Waals surface area contributed by atoms with E-state index in [1.54, 1.807) is 5.57 Å². The quantitative estimate of drug-likeness (QED) is 0.196. The topological polar surface area (TPSA) is 13.1 Å². The Hall–Kier alpha value is -4.34. The number of piperidine rings is 1. The van der Waals surface area contributed by atoms with Gasteiger partial charge in [-0.15, -0.1) is 0 Å². The highest BCUT2D eigenvalue weighted by Gasteiger charge is 2.40. The van der Waals surface area contributed by atoms with Crippen LogP contribution in [0.4, 0.5) is 0 Å². The van der Waals surface area contributed by atoms with Gasteiger partial charge in [-0.25, -0.2) is 0 Å². The minimum atomic E-state index is 0.0659. The number of benzene rings is 3. The van der Waals surface area contributed by atoms with Crippen molar-refractivity contribution in [2.24, 2.45) is 5.92 Å². The van der Waals surface area contributed by atoms with Crippen molar-refractivity contribution >= 4 is 39.7 Å². The van der Waals surface area contributed by atoms with Crippen LogP contribution in [0.25, 0.3) is 45.3 Å². The molecule has 0 saturated carbocycles. The fourth-order valence-electron chi connectivity index (χ4n) is 9.42. The van der Waals surface area contributed by atoms with E-state index in [1.807, 2.05) is 0 Å². The van der Waals surface area contributed by atoms with Gasteiger partial charge in [0, 0.05) is 61.9 Å². The molecule has 5 aromatic rings. The van der Waals surface area contributed by atoms with E-state index in [1.165, 1.54) is 74.1 Å². The van der Waals surface area contributed by atoms with Crippen LogP contribution >= 0.6 is 0 Å². The first-order valence-corrected chi connectivity index (χ1v) is 17.8. The smallest absolute Gasteiger partial charge is 0.0537 e. The Morgan fingerprint density at radius 3 is 2.13 bits per heavy atom. The summed E-state index contributed by atoms with van der Waals surface area (Å²) in [7, 11) is 2.29. The second-order valence-electron chi connectivity index (χ2n) is 14.7. The van der Waals surface area contributed by atoms with Crippen LogP contribution in [0, 0.1) is 5.92 Å². The van der Waals surface area contributed by atoms with E-state index >= 15 is 0 Å². The van der Waals surface area contributed by atoms with E-state index in [4.69, 9.17) is 0 Å². The molecule has 0 radical (unpaired) electrons. The molecule has 3 aromatic carbocycles. The largest absolute Gasteiger partial charge is 0.316 e. The van der Waals surface area contributed by atoms with Crippen molar-refractivity contribution in [1.29, 1.82) is 0 Å². The molecule has 3 heteroatoms. The minimum Gasteiger partial charge on any atom is -0.316 e. The van der Waals surface area contributed by atoms with Crippen LogP contribution in [-0.2, 0) is 11.8 Å². The van der Waals surface area contributed by atoms with Crippen LogP contribution in [0.3, 0.4) is 0 Å². The third-order valence-corrected chi connectivity index (χ3v) is 11.9. The molecule has 0 bridgehead atoms. The van der Waals surface area contributed by atoms with Crippen molar-refractivity contribution in [3.63, 3.8) is 0 Å². The molecular formula is C44H45N3. The van der Waals surface area contributed by atoms with Crippen LogP contribution in [0.5, 0.6) is 0 Å². The average molecular weight is 616 g/mol. The van der Waals surface area contributed by atoms with Crippen molar-refractivity contribution in [1.82, 2.24) is 14.0 Å². The summed E-state index contributed by atoms with van der Waals surface area (Å²) in [5.41, 5.74) is 14.3. The number of hydrogen-bond acceptors (Lipinski definition) is 1. The highest BCUT2D eigenvalue weighted by Crippen LogP contribution is 2.48. The van der Waals surface area contributed by atoms with Gasteiger partial charge in [-0.2, -0.15) is 0 Å². The van der Waals surface area contributed by atoms with Gasteiger partial charge in [0.15, 0.2) is 0 Å². The summed E-state index contributed by atoms with van der Waals surface area (Å²) in [6.07, 6.45) is 21.2. The van der Waals surface area contributed by atoms with Crippen LogP contribution < -0.4 is 0 Å². The number of aromatic nitrogens is 2. The molecule has 236 valence electrons. The summed E-state index contributed by atoms with van der Waals surface area (Å²) in [5, 5.41) is 2.74. The number of rotatable bonds is 4. The van der Waals surface area contributed by atoms with Crippen molar-refractivity contribution in [3.05, 3.63) is 131 Å².